The molecule has 0 spiro atoms. The molecule has 0 unspecified atom stereocenters. The third kappa shape index (κ3) is 3.10. The molecule has 0 aliphatic carbocycles. The average molecular weight is 351 g/mol. The molecule has 1 N–H and O–H groups in total. The van der Waals surface area contributed by atoms with E-state index in [1.807, 2.05) is 0 Å². The van der Waals surface area contributed by atoms with Crippen molar-refractivity contribution in [3.8, 4) is 0 Å². The molecule has 2 heterocycles. The number of carbonyl (C=O) groups is 1. The lowest BCUT2D eigenvalue weighted by molar-refractivity contribution is -0.116. The Morgan fingerprint density at radius 1 is 1.19 bits per heavy atom. The quantitative estimate of drug-likeness (QED) is 0.781. The number of fused-ring (bicyclic) bond motifs is 3. The van der Waals surface area contributed by atoms with Gasteiger partial charge in [-0.15, -0.1) is 0 Å². The van der Waals surface area contributed by atoms with Crippen molar-refractivity contribution < 1.29 is 9.18 Å². The van der Waals surface area contributed by atoms with Crippen LogP contribution in [0.15, 0.2) is 42.5 Å². The number of aromatic nitrogens is 1. The number of rotatable bonds is 3. The predicted octanol–water partition coefficient (Wildman–Crippen LogP) is 3.72. The number of carbonyl (C=O) groups excluding carboxylic acids is 1. The third-order valence-electron chi connectivity index (χ3n) is 5.03. The van der Waals surface area contributed by atoms with E-state index in [1.165, 1.54) is 34.3 Å². The van der Waals surface area contributed by atoms with Gasteiger partial charge in [0.2, 0.25) is 5.91 Å². The van der Waals surface area contributed by atoms with Crippen LogP contribution in [0.3, 0.4) is 0 Å². The summed E-state index contributed by atoms with van der Waals surface area (Å²) in [7, 11) is 2.13. The minimum absolute atomic E-state index is 0.101. The molecule has 134 valence electrons. The van der Waals surface area contributed by atoms with Gasteiger partial charge in [0, 0.05) is 41.8 Å². The van der Waals surface area contributed by atoms with Crippen molar-refractivity contribution in [2.45, 2.75) is 26.4 Å². The van der Waals surface area contributed by atoms with Gasteiger partial charge in [0.15, 0.2) is 0 Å². The normalized spacial score (nSPS) is 14.4. The standard InChI is InChI=1S/C21H22FN3O/c1-14-3-8-19-17(11-14)18-12-24(2)10-9-20(18)25(19)13-21(26)23-16-6-4-15(22)5-7-16/h3-8,11H,9-10,12-13H2,1-2H3,(H,23,26). The van der Waals surface area contributed by atoms with Gasteiger partial charge in [0.25, 0.3) is 0 Å². The number of anilines is 1. The summed E-state index contributed by atoms with van der Waals surface area (Å²) in [5, 5.41) is 4.10. The summed E-state index contributed by atoms with van der Waals surface area (Å²) >= 11 is 0. The fraction of sp³-hybridized carbons (Fsp3) is 0.286. The van der Waals surface area contributed by atoms with Gasteiger partial charge in [-0.05, 0) is 55.9 Å². The van der Waals surface area contributed by atoms with E-state index in [1.54, 1.807) is 12.1 Å². The number of halogens is 1. The molecule has 4 rings (SSSR count). The predicted molar refractivity (Wildman–Crippen MR) is 102 cm³/mol. The van der Waals surface area contributed by atoms with Crippen molar-refractivity contribution in [2.75, 3.05) is 18.9 Å². The zero-order chi connectivity index (χ0) is 18.3. The Morgan fingerprint density at radius 2 is 1.96 bits per heavy atom. The van der Waals surface area contributed by atoms with E-state index in [0.29, 0.717) is 5.69 Å². The maximum atomic E-state index is 13.0. The Bertz CT molecular complexity index is 975. The topological polar surface area (TPSA) is 37.3 Å². The number of aryl methyl sites for hydroxylation is 1. The Balaban J connectivity index is 1.67. The molecule has 2 aromatic carbocycles. The molecular formula is C21H22FN3O. The monoisotopic (exact) mass is 351 g/mol. The minimum atomic E-state index is -0.312. The second kappa shape index (κ2) is 6.57. The van der Waals surface area contributed by atoms with Crippen LogP contribution in [0.5, 0.6) is 0 Å². The molecule has 0 radical (unpaired) electrons. The highest BCUT2D eigenvalue weighted by Gasteiger charge is 2.23. The highest BCUT2D eigenvalue weighted by atomic mass is 19.1. The molecule has 0 atom stereocenters. The number of hydrogen-bond acceptors (Lipinski definition) is 2. The molecule has 4 nitrogen and oxygen atoms in total. The number of amides is 1. The maximum Gasteiger partial charge on any atom is 0.244 e. The van der Waals surface area contributed by atoms with Gasteiger partial charge in [-0.1, -0.05) is 11.6 Å². The SMILES string of the molecule is Cc1ccc2c(c1)c1c(n2CC(=O)Nc2ccc(F)cc2)CCN(C)C1. The largest absolute Gasteiger partial charge is 0.335 e. The van der Waals surface area contributed by atoms with Crippen LogP contribution in [0.25, 0.3) is 10.9 Å². The summed E-state index contributed by atoms with van der Waals surface area (Å²) in [4.78, 5) is 14.9. The summed E-state index contributed by atoms with van der Waals surface area (Å²) in [6.07, 6.45) is 0.934. The molecule has 3 aromatic rings. The average Bonchev–Trinajstić information content (AvgIpc) is 2.89. The lowest BCUT2D eigenvalue weighted by Crippen LogP contribution is -2.28. The number of likely N-dealkylation sites (N-methyl/N-ethyl adjacent to an activating group) is 1. The summed E-state index contributed by atoms with van der Waals surface area (Å²) in [5.74, 6) is -0.413. The van der Waals surface area contributed by atoms with Crippen LogP contribution in [0, 0.1) is 12.7 Å². The number of nitrogens with one attached hydrogen (secondary N) is 1. The number of benzene rings is 2. The summed E-state index contributed by atoms with van der Waals surface area (Å²) < 4.78 is 15.2. The smallest absolute Gasteiger partial charge is 0.244 e. The Labute approximate surface area is 152 Å². The van der Waals surface area contributed by atoms with Crippen molar-refractivity contribution in [3.63, 3.8) is 0 Å². The highest BCUT2D eigenvalue weighted by Crippen LogP contribution is 2.31. The lowest BCUT2D eigenvalue weighted by Gasteiger charge is -2.24. The van der Waals surface area contributed by atoms with Gasteiger partial charge >= 0.3 is 0 Å². The van der Waals surface area contributed by atoms with Crippen molar-refractivity contribution in [1.82, 2.24) is 9.47 Å². The van der Waals surface area contributed by atoms with E-state index in [4.69, 9.17) is 0 Å². The zero-order valence-corrected chi connectivity index (χ0v) is 15.1. The van der Waals surface area contributed by atoms with Crippen LogP contribution < -0.4 is 5.32 Å². The van der Waals surface area contributed by atoms with E-state index < -0.39 is 0 Å². The van der Waals surface area contributed by atoms with Crippen LogP contribution in [-0.2, 0) is 24.3 Å². The first-order chi connectivity index (χ1) is 12.5. The van der Waals surface area contributed by atoms with Crippen molar-refractivity contribution >= 4 is 22.5 Å². The summed E-state index contributed by atoms with van der Waals surface area (Å²) in [6.45, 7) is 4.25. The lowest BCUT2D eigenvalue weighted by atomic mass is 10.0. The molecule has 0 saturated heterocycles. The maximum absolute atomic E-state index is 13.0. The molecule has 1 amide bonds. The van der Waals surface area contributed by atoms with Gasteiger partial charge in [-0.2, -0.15) is 0 Å². The van der Waals surface area contributed by atoms with Gasteiger partial charge in [-0.25, -0.2) is 4.39 Å². The third-order valence-corrected chi connectivity index (χ3v) is 5.03. The van der Waals surface area contributed by atoms with Crippen LogP contribution in [0.2, 0.25) is 0 Å². The van der Waals surface area contributed by atoms with Crippen LogP contribution >= 0.6 is 0 Å². The van der Waals surface area contributed by atoms with E-state index in [-0.39, 0.29) is 18.3 Å². The van der Waals surface area contributed by atoms with E-state index >= 15 is 0 Å². The molecule has 1 aliphatic heterocycles. The summed E-state index contributed by atoms with van der Waals surface area (Å²) in [6, 6.07) is 12.3. The molecular weight excluding hydrogens is 329 g/mol. The minimum Gasteiger partial charge on any atom is -0.335 e. The van der Waals surface area contributed by atoms with Gasteiger partial charge in [0.05, 0.1) is 0 Å². The van der Waals surface area contributed by atoms with Crippen LogP contribution in [0.1, 0.15) is 16.8 Å². The first-order valence-electron chi connectivity index (χ1n) is 8.86. The summed E-state index contributed by atoms with van der Waals surface area (Å²) in [5.41, 5.74) is 5.51. The highest BCUT2D eigenvalue weighted by molar-refractivity contribution is 5.93. The van der Waals surface area contributed by atoms with Gasteiger partial charge in [0.1, 0.15) is 12.4 Å². The molecule has 1 aliphatic rings. The molecule has 5 heteroatoms. The molecule has 0 fully saturated rings. The van der Waals surface area contributed by atoms with Crippen molar-refractivity contribution in [1.29, 1.82) is 0 Å². The van der Waals surface area contributed by atoms with Crippen LogP contribution in [-0.4, -0.2) is 29.0 Å². The van der Waals surface area contributed by atoms with Crippen molar-refractivity contribution in [3.05, 3.63) is 65.1 Å². The van der Waals surface area contributed by atoms with Gasteiger partial charge < -0.3 is 14.8 Å². The number of nitrogens with zero attached hydrogens (tertiary/aromatic N) is 2. The van der Waals surface area contributed by atoms with Crippen molar-refractivity contribution in [2.24, 2.45) is 0 Å². The second-order valence-electron chi connectivity index (χ2n) is 7.07. The van der Waals surface area contributed by atoms with E-state index in [2.05, 4.69) is 47.0 Å². The van der Waals surface area contributed by atoms with Gasteiger partial charge in [-0.3, -0.25) is 4.79 Å². The first-order valence-corrected chi connectivity index (χ1v) is 8.86. The molecule has 1 aromatic heterocycles. The van der Waals surface area contributed by atoms with E-state index in [0.717, 1.165) is 25.0 Å². The number of hydrogen-bond donors (Lipinski definition) is 1. The zero-order valence-electron chi connectivity index (χ0n) is 15.1. The molecule has 26 heavy (non-hydrogen) atoms. The Kier molecular flexibility index (Phi) is 4.24. The fourth-order valence-corrected chi connectivity index (χ4v) is 3.76. The molecule has 0 saturated carbocycles. The molecule has 0 bridgehead atoms. The van der Waals surface area contributed by atoms with Crippen LogP contribution in [0.4, 0.5) is 10.1 Å². The first kappa shape index (κ1) is 16.8. The Hall–Kier alpha value is -2.66. The fourth-order valence-electron chi connectivity index (χ4n) is 3.76. The second-order valence-corrected chi connectivity index (χ2v) is 7.07. The Morgan fingerprint density at radius 3 is 2.73 bits per heavy atom. The van der Waals surface area contributed by atoms with E-state index in [9.17, 15) is 9.18 Å².